The minimum absolute atomic E-state index is 0.155. The summed E-state index contributed by atoms with van der Waals surface area (Å²) >= 11 is 16.1. The van der Waals surface area contributed by atoms with E-state index in [0.717, 1.165) is 6.42 Å². The Balaban J connectivity index is 2.05. The summed E-state index contributed by atoms with van der Waals surface area (Å²) in [5.41, 5.74) is 5.75. The van der Waals surface area contributed by atoms with Gasteiger partial charge in [0, 0.05) is 10.7 Å². The summed E-state index contributed by atoms with van der Waals surface area (Å²) in [4.78, 5) is 0.0467. The SMILES string of the molecule is ClC1NN[C@]1(Cl)C1CCCCC1Br. The van der Waals surface area contributed by atoms with Crippen LogP contribution >= 0.6 is 39.1 Å². The zero-order chi connectivity index (χ0) is 9.47. The Morgan fingerprint density at radius 1 is 1.31 bits per heavy atom. The molecule has 1 saturated heterocycles. The Morgan fingerprint density at radius 3 is 2.46 bits per heavy atom. The summed E-state index contributed by atoms with van der Waals surface area (Å²) in [6.45, 7) is 0. The normalized spacial score (nSPS) is 51.5. The van der Waals surface area contributed by atoms with Gasteiger partial charge < -0.3 is 0 Å². The Labute approximate surface area is 96.8 Å². The van der Waals surface area contributed by atoms with Gasteiger partial charge in [-0.05, 0) is 12.8 Å². The molecule has 1 saturated carbocycles. The van der Waals surface area contributed by atoms with Crippen molar-refractivity contribution in [1.82, 2.24) is 10.9 Å². The van der Waals surface area contributed by atoms with Gasteiger partial charge in [-0.25, -0.2) is 10.9 Å². The summed E-state index contributed by atoms with van der Waals surface area (Å²) in [7, 11) is 0. The molecule has 0 aromatic heterocycles. The molecule has 4 atom stereocenters. The standard InChI is InChI=1S/C8H13BrCl2N2/c9-6-4-2-1-3-5(6)8(11)7(10)12-13-8/h5-7,12-13H,1-4H2/t5?,6?,7?,8-/m1/s1. The van der Waals surface area contributed by atoms with Gasteiger partial charge in [-0.1, -0.05) is 40.4 Å². The minimum atomic E-state index is -0.448. The zero-order valence-electron chi connectivity index (χ0n) is 7.19. The Morgan fingerprint density at radius 2 is 2.00 bits per heavy atom. The molecule has 2 N–H and O–H groups in total. The Hall–Kier alpha value is 0.980. The number of hydrazine groups is 1. The lowest BCUT2D eigenvalue weighted by atomic mass is 9.82. The van der Waals surface area contributed by atoms with Gasteiger partial charge in [-0.2, -0.15) is 0 Å². The Bertz CT molecular complexity index is 205. The Kier molecular flexibility index (Phi) is 3.11. The van der Waals surface area contributed by atoms with Gasteiger partial charge in [0.1, 0.15) is 10.5 Å². The van der Waals surface area contributed by atoms with Crippen molar-refractivity contribution in [2.75, 3.05) is 0 Å². The number of nitrogens with one attached hydrogen (secondary N) is 2. The van der Waals surface area contributed by atoms with Crippen LogP contribution in [0.5, 0.6) is 0 Å². The molecule has 76 valence electrons. The van der Waals surface area contributed by atoms with Gasteiger partial charge in [-0.3, -0.25) is 0 Å². The molecule has 3 unspecified atom stereocenters. The van der Waals surface area contributed by atoms with E-state index in [2.05, 4.69) is 26.8 Å². The monoisotopic (exact) mass is 286 g/mol. The van der Waals surface area contributed by atoms with Crippen LogP contribution in [0.1, 0.15) is 25.7 Å². The second kappa shape index (κ2) is 3.86. The molecule has 0 aromatic rings. The fourth-order valence-corrected chi connectivity index (χ4v) is 3.90. The molecule has 1 aliphatic carbocycles. The van der Waals surface area contributed by atoms with E-state index in [4.69, 9.17) is 23.2 Å². The molecule has 1 heterocycles. The first-order valence-electron chi connectivity index (χ1n) is 4.64. The van der Waals surface area contributed by atoms with Crippen LogP contribution in [0.25, 0.3) is 0 Å². The molecule has 0 bridgehead atoms. The van der Waals surface area contributed by atoms with E-state index < -0.39 is 5.00 Å². The van der Waals surface area contributed by atoms with E-state index in [0.29, 0.717) is 10.7 Å². The highest BCUT2D eigenvalue weighted by Gasteiger charge is 2.52. The maximum Gasteiger partial charge on any atom is 0.140 e. The van der Waals surface area contributed by atoms with Gasteiger partial charge in [0.15, 0.2) is 0 Å². The first-order chi connectivity index (χ1) is 6.14. The van der Waals surface area contributed by atoms with Crippen molar-refractivity contribution in [3.63, 3.8) is 0 Å². The lowest BCUT2D eigenvalue weighted by Gasteiger charge is -2.50. The predicted molar refractivity (Wildman–Crippen MR) is 59.2 cm³/mol. The molecule has 13 heavy (non-hydrogen) atoms. The number of halogens is 3. The molecule has 2 aliphatic rings. The molecule has 1 aliphatic heterocycles. The third-order valence-electron chi connectivity index (χ3n) is 2.98. The molecule has 2 fully saturated rings. The van der Waals surface area contributed by atoms with Crippen LogP contribution in [-0.2, 0) is 0 Å². The second-order valence-electron chi connectivity index (χ2n) is 3.81. The van der Waals surface area contributed by atoms with E-state index in [1.807, 2.05) is 0 Å². The fourth-order valence-electron chi connectivity index (χ4n) is 2.10. The maximum absolute atomic E-state index is 6.40. The molecule has 0 aromatic carbocycles. The third kappa shape index (κ3) is 1.74. The molecule has 0 radical (unpaired) electrons. The smallest absolute Gasteiger partial charge is 0.140 e. The third-order valence-corrected chi connectivity index (χ3v) is 5.23. The summed E-state index contributed by atoms with van der Waals surface area (Å²) < 4.78 is 0. The second-order valence-corrected chi connectivity index (χ2v) is 6.04. The molecule has 0 spiro atoms. The van der Waals surface area contributed by atoms with Crippen LogP contribution in [0.2, 0.25) is 0 Å². The lowest BCUT2D eigenvalue weighted by Crippen LogP contribution is -2.76. The van der Waals surface area contributed by atoms with Gasteiger partial charge in [-0.15, -0.1) is 11.6 Å². The highest BCUT2D eigenvalue weighted by Crippen LogP contribution is 2.44. The van der Waals surface area contributed by atoms with Crippen LogP contribution in [0.4, 0.5) is 0 Å². The molecule has 2 nitrogen and oxygen atoms in total. The number of alkyl halides is 3. The topological polar surface area (TPSA) is 24.1 Å². The van der Waals surface area contributed by atoms with E-state index in [1.54, 1.807) is 0 Å². The molecular weight excluding hydrogens is 275 g/mol. The van der Waals surface area contributed by atoms with Crippen LogP contribution in [0.3, 0.4) is 0 Å². The molecule has 2 rings (SSSR count). The number of hydrogen-bond donors (Lipinski definition) is 2. The van der Waals surface area contributed by atoms with Crippen molar-refractivity contribution in [2.24, 2.45) is 5.92 Å². The highest BCUT2D eigenvalue weighted by atomic mass is 79.9. The molecular formula is C8H13BrCl2N2. The summed E-state index contributed by atoms with van der Waals surface area (Å²) in [5, 5.41) is 0. The van der Waals surface area contributed by atoms with Gasteiger partial charge >= 0.3 is 0 Å². The molecule has 0 amide bonds. The summed E-state index contributed by atoms with van der Waals surface area (Å²) in [5.74, 6) is 0.423. The van der Waals surface area contributed by atoms with Crippen molar-refractivity contribution < 1.29 is 0 Å². The van der Waals surface area contributed by atoms with Gasteiger partial charge in [0.05, 0.1) is 0 Å². The zero-order valence-corrected chi connectivity index (χ0v) is 10.3. The molecule has 5 heteroatoms. The van der Waals surface area contributed by atoms with Crippen LogP contribution in [0, 0.1) is 5.92 Å². The van der Waals surface area contributed by atoms with Crippen LogP contribution in [0.15, 0.2) is 0 Å². The van der Waals surface area contributed by atoms with Crippen molar-refractivity contribution in [2.45, 2.75) is 41.0 Å². The van der Waals surface area contributed by atoms with Crippen molar-refractivity contribution in [3.8, 4) is 0 Å². The van der Waals surface area contributed by atoms with Crippen LogP contribution < -0.4 is 10.9 Å². The van der Waals surface area contributed by atoms with Crippen molar-refractivity contribution in [1.29, 1.82) is 0 Å². The van der Waals surface area contributed by atoms with E-state index in [9.17, 15) is 0 Å². The van der Waals surface area contributed by atoms with E-state index in [1.165, 1.54) is 19.3 Å². The van der Waals surface area contributed by atoms with E-state index >= 15 is 0 Å². The first-order valence-corrected chi connectivity index (χ1v) is 6.37. The van der Waals surface area contributed by atoms with E-state index in [-0.39, 0.29) is 5.50 Å². The fraction of sp³-hybridized carbons (Fsp3) is 1.00. The van der Waals surface area contributed by atoms with Crippen molar-refractivity contribution in [3.05, 3.63) is 0 Å². The first kappa shape index (κ1) is 10.5. The predicted octanol–water partition coefficient (Wildman–Crippen LogP) is 2.55. The largest absolute Gasteiger partial charge is 0.235 e. The van der Waals surface area contributed by atoms with Crippen LogP contribution in [-0.4, -0.2) is 15.3 Å². The maximum atomic E-state index is 6.40. The van der Waals surface area contributed by atoms with Gasteiger partial charge in [0.25, 0.3) is 0 Å². The van der Waals surface area contributed by atoms with Gasteiger partial charge in [0.2, 0.25) is 0 Å². The number of hydrogen-bond acceptors (Lipinski definition) is 2. The average molecular weight is 288 g/mol. The lowest BCUT2D eigenvalue weighted by molar-refractivity contribution is 0.123. The summed E-state index contributed by atoms with van der Waals surface area (Å²) in [6.07, 6.45) is 4.90. The number of rotatable bonds is 1. The minimum Gasteiger partial charge on any atom is -0.235 e. The quantitative estimate of drug-likeness (QED) is 0.572. The summed E-state index contributed by atoms with van der Waals surface area (Å²) in [6, 6.07) is 0. The highest BCUT2D eigenvalue weighted by molar-refractivity contribution is 9.09. The van der Waals surface area contributed by atoms with Crippen molar-refractivity contribution >= 4 is 39.1 Å². The average Bonchev–Trinajstić information content (AvgIpc) is 2.15.